The first kappa shape index (κ1) is 14.3. The Bertz CT molecular complexity index is 584. The first-order valence-corrected chi connectivity index (χ1v) is 6.85. The second-order valence-electron chi connectivity index (χ2n) is 4.08. The van der Waals surface area contributed by atoms with Crippen LogP contribution in [0.1, 0.15) is 16.0 Å². The molecule has 0 spiro atoms. The number of oxime groups is 1. The van der Waals surface area contributed by atoms with E-state index in [1.807, 2.05) is 12.3 Å². The van der Waals surface area contributed by atoms with E-state index in [1.165, 1.54) is 0 Å². The van der Waals surface area contributed by atoms with E-state index in [2.05, 4.69) is 15.5 Å². The van der Waals surface area contributed by atoms with Gasteiger partial charge in [-0.25, -0.2) is 0 Å². The fraction of sp³-hybridized carbons (Fsp3) is 0.231. The Morgan fingerprint density at radius 1 is 1.50 bits per heavy atom. The van der Waals surface area contributed by atoms with Crippen LogP contribution in [-0.2, 0) is 13.1 Å². The molecule has 1 heterocycles. The van der Waals surface area contributed by atoms with Gasteiger partial charge < -0.3 is 21.0 Å². The zero-order valence-electron chi connectivity index (χ0n) is 11.0. The highest BCUT2D eigenvalue weighted by molar-refractivity contribution is 7.09. The molecule has 0 aliphatic rings. The van der Waals surface area contributed by atoms with Crippen LogP contribution in [0.25, 0.3) is 0 Å². The van der Waals surface area contributed by atoms with E-state index in [-0.39, 0.29) is 5.84 Å². The first-order chi connectivity index (χ1) is 9.74. The van der Waals surface area contributed by atoms with Gasteiger partial charge in [0.25, 0.3) is 0 Å². The molecule has 0 atom stereocenters. The molecule has 0 fully saturated rings. The van der Waals surface area contributed by atoms with Gasteiger partial charge in [-0.15, -0.1) is 11.3 Å². The minimum absolute atomic E-state index is 0.0800. The maximum atomic E-state index is 8.72. The summed E-state index contributed by atoms with van der Waals surface area (Å²) in [5.74, 6) is 0.840. The van der Waals surface area contributed by atoms with Gasteiger partial charge in [-0.1, -0.05) is 5.16 Å². The molecule has 0 aliphatic carbocycles. The fourth-order valence-corrected chi connectivity index (χ4v) is 2.35. The standard InChI is InChI=1S/C13H16N4O2S/c1-19-12-3-2-9(13(14)17-18)4-10(12)5-15-6-11-7-16-8-20-11/h2-4,7-8,15,18H,5-6H2,1H3,(H2,14,17). The van der Waals surface area contributed by atoms with Gasteiger partial charge in [0.15, 0.2) is 5.84 Å². The predicted octanol–water partition coefficient (Wildman–Crippen LogP) is 1.54. The Labute approximate surface area is 120 Å². The second-order valence-corrected chi connectivity index (χ2v) is 5.05. The van der Waals surface area contributed by atoms with Crippen molar-refractivity contribution in [2.75, 3.05) is 7.11 Å². The number of amidine groups is 1. The molecule has 0 saturated carbocycles. The minimum atomic E-state index is 0.0800. The van der Waals surface area contributed by atoms with Gasteiger partial charge in [-0.3, -0.25) is 4.98 Å². The van der Waals surface area contributed by atoms with Crippen molar-refractivity contribution in [2.24, 2.45) is 10.9 Å². The van der Waals surface area contributed by atoms with Gasteiger partial charge in [0.1, 0.15) is 5.75 Å². The number of thiazole rings is 1. The number of rotatable bonds is 6. The van der Waals surface area contributed by atoms with E-state index in [4.69, 9.17) is 15.7 Å². The van der Waals surface area contributed by atoms with Crippen LogP contribution in [0.4, 0.5) is 0 Å². The van der Waals surface area contributed by atoms with E-state index in [1.54, 1.807) is 36.1 Å². The number of ether oxygens (including phenoxy) is 1. The third kappa shape index (κ3) is 3.46. The molecular weight excluding hydrogens is 276 g/mol. The molecule has 0 bridgehead atoms. The van der Waals surface area contributed by atoms with Gasteiger partial charge in [0, 0.05) is 35.3 Å². The number of nitrogens with one attached hydrogen (secondary N) is 1. The molecule has 0 amide bonds. The van der Waals surface area contributed by atoms with Crippen LogP contribution in [-0.4, -0.2) is 23.1 Å². The predicted molar refractivity (Wildman–Crippen MR) is 78.2 cm³/mol. The van der Waals surface area contributed by atoms with E-state index in [9.17, 15) is 0 Å². The molecule has 1 aromatic heterocycles. The summed E-state index contributed by atoms with van der Waals surface area (Å²) in [5, 5.41) is 15.0. The average molecular weight is 292 g/mol. The van der Waals surface area contributed by atoms with Gasteiger partial charge in [0.05, 0.1) is 12.6 Å². The molecular formula is C13H16N4O2S. The van der Waals surface area contributed by atoms with Crippen LogP contribution in [0, 0.1) is 0 Å². The van der Waals surface area contributed by atoms with Crippen molar-refractivity contribution >= 4 is 17.2 Å². The number of nitrogens with zero attached hydrogens (tertiary/aromatic N) is 2. The van der Waals surface area contributed by atoms with E-state index in [0.717, 1.165) is 22.7 Å². The molecule has 106 valence electrons. The van der Waals surface area contributed by atoms with Gasteiger partial charge in [-0.2, -0.15) is 0 Å². The van der Waals surface area contributed by atoms with Crippen LogP contribution in [0.3, 0.4) is 0 Å². The molecule has 4 N–H and O–H groups in total. The highest BCUT2D eigenvalue weighted by Gasteiger charge is 2.07. The normalized spacial score (nSPS) is 11.6. The number of benzene rings is 1. The lowest BCUT2D eigenvalue weighted by Gasteiger charge is -2.11. The van der Waals surface area contributed by atoms with Crippen LogP contribution in [0.15, 0.2) is 35.1 Å². The second kappa shape index (κ2) is 6.88. The lowest BCUT2D eigenvalue weighted by atomic mass is 10.1. The van der Waals surface area contributed by atoms with Crippen LogP contribution in [0.2, 0.25) is 0 Å². The molecule has 0 radical (unpaired) electrons. The number of nitrogens with two attached hydrogens (primary N) is 1. The van der Waals surface area contributed by atoms with Crippen LogP contribution >= 0.6 is 11.3 Å². The molecule has 6 nitrogen and oxygen atoms in total. The number of methoxy groups -OCH3 is 1. The highest BCUT2D eigenvalue weighted by Crippen LogP contribution is 2.20. The maximum Gasteiger partial charge on any atom is 0.170 e. The molecule has 0 aliphatic heterocycles. The summed E-state index contributed by atoms with van der Waals surface area (Å²) >= 11 is 1.60. The van der Waals surface area contributed by atoms with Gasteiger partial charge in [0.2, 0.25) is 0 Å². The Kier molecular flexibility index (Phi) is 4.91. The largest absolute Gasteiger partial charge is 0.496 e. The summed E-state index contributed by atoms with van der Waals surface area (Å²) in [5.41, 5.74) is 9.00. The lowest BCUT2D eigenvalue weighted by Crippen LogP contribution is -2.16. The summed E-state index contributed by atoms with van der Waals surface area (Å²) < 4.78 is 5.31. The summed E-state index contributed by atoms with van der Waals surface area (Å²) in [6.07, 6.45) is 1.84. The maximum absolute atomic E-state index is 8.72. The third-order valence-corrected chi connectivity index (χ3v) is 3.56. The lowest BCUT2D eigenvalue weighted by molar-refractivity contribution is 0.318. The van der Waals surface area contributed by atoms with Crippen LogP contribution < -0.4 is 15.8 Å². The third-order valence-electron chi connectivity index (χ3n) is 2.78. The van der Waals surface area contributed by atoms with Crippen LogP contribution in [0.5, 0.6) is 5.75 Å². The zero-order valence-corrected chi connectivity index (χ0v) is 11.9. The van der Waals surface area contributed by atoms with E-state index >= 15 is 0 Å². The van der Waals surface area contributed by atoms with Crippen molar-refractivity contribution in [3.8, 4) is 5.75 Å². The molecule has 7 heteroatoms. The van der Waals surface area contributed by atoms with Crippen molar-refractivity contribution in [2.45, 2.75) is 13.1 Å². The summed E-state index contributed by atoms with van der Waals surface area (Å²) in [7, 11) is 1.62. The van der Waals surface area contributed by atoms with E-state index in [0.29, 0.717) is 12.1 Å². The zero-order chi connectivity index (χ0) is 14.4. The molecule has 0 saturated heterocycles. The summed E-state index contributed by atoms with van der Waals surface area (Å²) in [6, 6.07) is 5.39. The van der Waals surface area contributed by atoms with Gasteiger partial charge in [-0.05, 0) is 18.2 Å². The topological polar surface area (TPSA) is 92.8 Å². The number of aromatic nitrogens is 1. The minimum Gasteiger partial charge on any atom is -0.496 e. The summed E-state index contributed by atoms with van der Waals surface area (Å²) in [6.45, 7) is 1.36. The van der Waals surface area contributed by atoms with Gasteiger partial charge >= 0.3 is 0 Å². The van der Waals surface area contributed by atoms with Crippen molar-refractivity contribution in [1.29, 1.82) is 0 Å². The average Bonchev–Trinajstić information content (AvgIpc) is 2.99. The Hall–Kier alpha value is -2.12. The van der Waals surface area contributed by atoms with Crippen molar-refractivity contribution in [3.63, 3.8) is 0 Å². The Morgan fingerprint density at radius 3 is 3.00 bits per heavy atom. The first-order valence-electron chi connectivity index (χ1n) is 5.97. The quantitative estimate of drug-likeness (QED) is 0.325. The molecule has 20 heavy (non-hydrogen) atoms. The SMILES string of the molecule is COc1ccc(/C(N)=N/O)cc1CNCc1cncs1. The Morgan fingerprint density at radius 2 is 2.35 bits per heavy atom. The van der Waals surface area contributed by atoms with Crippen molar-refractivity contribution < 1.29 is 9.94 Å². The van der Waals surface area contributed by atoms with Crippen molar-refractivity contribution in [1.82, 2.24) is 10.3 Å². The summed E-state index contributed by atoms with van der Waals surface area (Å²) in [4.78, 5) is 5.19. The molecule has 2 aromatic rings. The van der Waals surface area contributed by atoms with Crippen molar-refractivity contribution in [3.05, 3.63) is 45.9 Å². The highest BCUT2D eigenvalue weighted by atomic mass is 32.1. The molecule has 0 unspecified atom stereocenters. The Balaban J connectivity index is 2.08. The number of hydrogen-bond donors (Lipinski definition) is 3. The monoisotopic (exact) mass is 292 g/mol. The number of hydrogen-bond acceptors (Lipinski definition) is 6. The fourth-order valence-electron chi connectivity index (χ4n) is 1.78. The molecule has 2 rings (SSSR count). The smallest absolute Gasteiger partial charge is 0.170 e. The van der Waals surface area contributed by atoms with E-state index < -0.39 is 0 Å². The molecule has 1 aromatic carbocycles.